The molecule has 3 aromatic rings. The van der Waals surface area contributed by atoms with Crippen LogP contribution in [0.1, 0.15) is 24.9 Å². The topological polar surface area (TPSA) is 24.9 Å². The molecule has 3 rings (SSSR count). The number of nitrogens with one attached hydrogen (secondary N) is 1. The van der Waals surface area contributed by atoms with Crippen LogP contribution >= 0.6 is 15.9 Å². The van der Waals surface area contributed by atoms with Gasteiger partial charge in [-0.3, -0.25) is 4.98 Å². The molecule has 1 heterocycles. The number of halogens is 1. The van der Waals surface area contributed by atoms with Crippen molar-refractivity contribution in [3.05, 3.63) is 70.8 Å². The van der Waals surface area contributed by atoms with Crippen LogP contribution < -0.4 is 5.32 Å². The first-order valence-corrected chi connectivity index (χ1v) is 7.92. The van der Waals surface area contributed by atoms with Crippen LogP contribution in [0.25, 0.3) is 10.9 Å². The molecule has 2 aromatic carbocycles. The summed E-state index contributed by atoms with van der Waals surface area (Å²) in [4.78, 5) is 4.51. The van der Waals surface area contributed by atoms with Gasteiger partial charge < -0.3 is 5.32 Å². The number of benzene rings is 2. The van der Waals surface area contributed by atoms with Crippen molar-refractivity contribution in [1.29, 1.82) is 0 Å². The average molecular weight is 341 g/mol. The average Bonchev–Trinajstić information content (AvgIpc) is 2.52. The molecule has 0 saturated heterocycles. The Morgan fingerprint density at radius 1 is 1.10 bits per heavy atom. The smallest absolute Gasteiger partial charge is 0.0703 e. The molecule has 0 bridgehead atoms. The number of nitrogens with zero attached hydrogens (tertiary/aromatic N) is 1. The first-order valence-electron chi connectivity index (χ1n) is 7.13. The second kappa shape index (κ2) is 6.27. The van der Waals surface area contributed by atoms with Gasteiger partial charge in [0.05, 0.1) is 23.4 Å². The fourth-order valence-electron chi connectivity index (χ4n) is 2.50. The number of para-hydroxylation sites is 1. The molecule has 0 aliphatic rings. The van der Waals surface area contributed by atoms with Gasteiger partial charge in [-0.05, 0) is 36.2 Å². The van der Waals surface area contributed by atoms with Gasteiger partial charge in [0.15, 0.2) is 0 Å². The highest BCUT2D eigenvalue weighted by molar-refractivity contribution is 9.10. The number of aromatic nitrogens is 1. The van der Waals surface area contributed by atoms with Crippen molar-refractivity contribution < 1.29 is 0 Å². The van der Waals surface area contributed by atoms with Crippen molar-refractivity contribution >= 4 is 32.5 Å². The van der Waals surface area contributed by atoms with Crippen LogP contribution in [-0.2, 0) is 0 Å². The van der Waals surface area contributed by atoms with E-state index in [1.807, 2.05) is 30.5 Å². The maximum absolute atomic E-state index is 4.51. The van der Waals surface area contributed by atoms with Crippen molar-refractivity contribution in [2.75, 3.05) is 5.32 Å². The van der Waals surface area contributed by atoms with E-state index in [-0.39, 0.29) is 6.04 Å². The molecule has 1 atom stereocenters. The van der Waals surface area contributed by atoms with Gasteiger partial charge in [-0.2, -0.15) is 0 Å². The zero-order valence-corrected chi connectivity index (χ0v) is 13.5. The minimum Gasteiger partial charge on any atom is -0.377 e. The minimum absolute atomic E-state index is 0.283. The molecule has 1 unspecified atom stereocenters. The molecule has 1 N–H and O–H groups in total. The lowest BCUT2D eigenvalue weighted by Gasteiger charge is -2.19. The van der Waals surface area contributed by atoms with Gasteiger partial charge in [0.2, 0.25) is 0 Å². The van der Waals surface area contributed by atoms with E-state index < -0.39 is 0 Å². The third kappa shape index (κ3) is 3.24. The number of hydrogen-bond donors (Lipinski definition) is 1. The van der Waals surface area contributed by atoms with Gasteiger partial charge in [0, 0.05) is 9.86 Å². The van der Waals surface area contributed by atoms with Crippen LogP contribution in [0.4, 0.5) is 5.69 Å². The Labute approximate surface area is 133 Å². The van der Waals surface area contributed by atoms with Crippen LogP contribution in [0.3, 0.4) is 0 Å². The number of rotatable bonds is 4. The molecule has 2 nitrogen and oxygen atoms in total. The summed E-state index contributed by atoms with van der Waals surface area (Å²) in [6, 6.07) is 19.1. The van der Waals surface area contributed by atoms with Crippen molar-refractivity contribution in [2.45, 2.75) is 19.4 Å². The van der Waals surface area contributed by atoms with Gasteiger partial charge >= 0.3 is 0 Å². The molecule has 0 spiro atoms. The molecule has 21 heavy (non-hydrogen) atoms. The molecule has 0 saturated carbocycles. The van der Waals surface area contributed by atoms with Crippen LogP contribution in [0, 0.1) is 0 Å². The van der Waals surface area contributed by atoms with Gasteiger partial charge in [-0.15, -0.1) is 0 Å². The molecule has 0 fully saturated rings. The second-order valence-electron chi connectivity index (χ2n) is 5.08. The molecule has 106 valence electrons. The lowest BCUT2D eigenvalue weighted by molar-refractivity contribution is 0.748. The molecule has 0 amide bonds. The van der Waals surface area contributed by atoms with Crippen LogP contribution in [0.2, 0.25) is 0 Å². The molecule has 0 radical (unpaired) electrons. The highest BCUT2D eigenvalue weighted by Crippen LogP contribution is 2.26. The van der Waals surface area contributed by atoms with E-state index >= 15 is 0 Å². The SMILES string of the molecule is CCC(Nc1cnc2ccccc2c1)c1cccc(Br)c1. The van der Waals surface area contributed by atoms with Gasteiger partial charge in [0.25, 0.3) is 0 Å². The van der Waals surface area contributed by atoms with E-state index in [1.54, 1.807) is 0 Å². The number of fused-ring (bicyclic) bond motifs is 1. The number of anilines is 1. The molecule has 3 heteroatoms. The Balaban J connectivity index is 1.88. The monoisotopic (exact) mass is 340 g/mol. The predicted molar refractivity (Wildman–Crippen MR) is 92.5 cm³/mol. The maximum atomic E-state index is 4.51. The zero-order valence-electron chi connectivity index (χ0n) is 11.9. The van der Waals surface area contributed by atoms with Crippen molar-refractivity contribution in [2.24, 2.45) is 0 Å². The quantitative estimate of drug-likeness (QED) is 0.672. The lowest BCUT2D eigenvalue weighted by atomic mass is 10.0. The highest BCUT2D eigenvalue weighted by Gasteiger charge is 2.10. The van der Waals surface area contributed by atoms with E-state index in [0.717, 1.165) is 27.5 Å². The Morgan fingerprint density at radius 2 is 1.95 bits per heavy atom. The summed E-state index contributed by atoms with van der Waals surface area (Å²) in [6.45, 7) is 2.19. The normalized spacial score (nSPS) is 12.3. The van der Waals surface area contributed by atoms with Gasteiger partial charge in [0.1, 0.15) is 0 Å². The van der Waals surface area contributed by atoms with Gasteiger partial charge in [-0.25, -0.2) is 0 Å². The summed E-state index contributed by atoms with van der Waals surface area (Å²) in [7, 11) is 0. The molecule has 0 aliphatic carbocycles. The predicted octanol–water partition coefficient (Wildman–Crippen LogP) is 5.56. The first kappa shape index (κ1) is 14.1. The molecule has 0 aliphatic heterocycles. The molecule has 1 aromatic heterocycles. The van der Waals surface area contributed by atoms with E-state index in [4.69, 9.17) is 0 Å². The zero-order chi connectivity index (χ0) is 14.7. The fourth-order valence-corrected chi connectivity index (χ4v) is 2.91. The number of pyridine rings is 1. The summed E-state index contributed by atoms with van der Waals surface area (Å²) < 4.78 is 1.11. The first-order chi connectivity index (χ1) is 10.3. The Bertz CT molecular complexity index is 755. The van der Waals surface area contributed by atoms with E-state index in [2.05, 4.69) is 63.5 Å². The Kier molecular flexibility index (Phi) is 4.20. The lowest BCUT2D eigenvalue weighted by Crippen LogP contribution is -2.09. The maximum Gasteiger partial charge on any atom is 0.0703 e. The summed E-state index contributed by atoms with van der Waals surface area (Å²) >= 11 is 3.54. The highest BCUT2D eigenvalue weighted by atomic mass is 79.9. The van der Waals surface area contributed by atoms with E-state index in [0.29, 0.717) is 0 Å². The third-order valence-corrected chi connectivity index (χ3v) is 4.08. The molecular formula is C18H17BrN2. The Morgan fingerprint density at radius 3 is 2.76 bits per heavy atom. The third-order valence-electron chi connectivity index (χ3n) is 3.59. The second-order valence-corrected chi connectivity index (χ2v) is 5.99. The summed E-state index contributed by atoms with van der Waals surface area (Å²) in [5.41, 5.74) is 3.36. The molecular weight excluding hydrogens is 324 g/mol. The summed E-state index contributed by atoms with van der Waals surface area (Å²) in [5, 5.41) is 4.74. The van der Waals surface area contributed by atoms with E-state index in [9.17, 15) is 0 Å². The van der Waals surface area contributed by atoms with E-state index in [1.165, 1.54) is 5.56 Å². The summed E-state index contributed by atoms with van der Waals surface area (Å²) in [5.74, 6) is 0. The Hall–Kier alpha value is -1.87. The van der Waals surface area contributed by atoms with Crippen LogP contribution in [0.15, 0.2) is 65.3 Å². The van der Waals surface area contributed by atoms with Crippen molar-refractivity contribution in [3.8, 4) is 0 Å². The largest absolute Gasteiger partial charge is 0.377 e. The van der Waals surface area contributed by atoms with Crippen molar-refractivity contribution in [1.82, 2.24) is 4.98 Å². The minimum atomic E-state index is 0.283. The van der Waals surface area contributed by atoms with Crippen LogP contribution in [-0.4, -0.2) is 4.98 Å². The number of hydrogen-bond acceptors (Lipinski definition) is 2. The van der Waals surface area contributed by atoms with Gasteiger partial charge in [-0.1, -0.05) is 53.2 Å². The standard InChI is InChI=1S/C18H17BrN2/c1-2-17(13-7-5-8-15(19)10-13)21-16-11-14-6-3-4-9-18(14)20-12-16/h3-12,17,21H,2H2,1H3. The van der Waals surface area contributed by atoms with Crippen molar-refractivity contribution in [3.63, 3.8) is 0 Å². The fraction of sp³-hybridized carbons (Fsp3) is 0.167. The van der Waals surface area contributed by atoms with Crippen LogP contribution in [0.5, 0.6) is 0 Å². The summed E-state index contributed by atoms with van der Waals surface area (Å²) in [6.07, 6.45) is 2.92.